The summed E-state index contributed by atoms with van der Waals surface area (Å²) in [5.41, 5.74) is 1.94. The smallest absolute Gasteiger partial charge is 0.241 e. The molecule has 1 amide bonds. The van der Waals surface area contributed by atoms with E-state index in [-0.39, 0.29) is 12.5 Å². The first-order chi connectivity index (χ1) is 12.6. The number of amides is 1. The molecule has 1 aromatic carbocycles. The molecule has 0 atom stereocenters. The predicted octanol–water partition coefficient (Wildman–Crippen LogP) is 1.41. The van der Waals surface area contributed by atoms with Gasteiger partial charge in [0.25, 0.3) is 0 Å². The molecule has 0 aliphatic carbocycles. The molecule has 7 heteroatoms. The number of nitrogens with one attached hydrogen (secondary N) is 2. The van der Waals surface area contributed by atoms with Gasteiger partial charge in [0.1, 0.15) is 5.75 Å². The second kappa shape index (κ2) is 10.0. The standard InChI is InChI=1S/C19H25N5O2/c1-24(2)18(25)14-23-19(22-13-16-6-4-5-11-20-16)21-12-15-7-9-17(26-3)10-8-15/h4-11H,12-14H2,1-3H3,(H2,21,22,23). The molecule has 0 spiro atoms. The third-order valence-electron chi connectivity index (χ3n) is 3.65. The van der Waals surface area contributed by atoms with Crippen LogP contribution in [0.4, 0.5) is 0 Å². The number of aromatic nitrogens is 1. The van der Waals surface area contributed by atoms with Gasteiger partial charge < -0.3 is 20.3 Å². The molecule has 0 fully saturated rings. The normalized spacial score (nSPS) is 11.0. The lowest BCUT2D eigenvalue weighted by molar-refractivity contribution is -0.127. The third-order valence-corrected chi connectivity index (χ3v) is 3.65. The van der Waals surface area contributed by atoms with Crippen molar-refractivity contribution in [3.63, 3.8) is 0 Å². The van der Waals surface area contributed by atoms with Crippen LogP contribution in [0.25, 0.3) is 0 Å². The number of nitrogens with zero attached hydrogens (tertiary/aromatic N) is 3. The Kier molecular flexibility index (Phi) is 7.42. The number of rotatable bonds is 7. The molecule has 0 radical (unpaired) electrons. The zero-order chi connectivity index (χ0) is 18.8. The Morgan fingerprint density at radius 2 is 1.92 bits per heavy atom. The van der Waals surface area contributed by atoms with Crippen molar-refractivity contribution in [1.29, 1.82) is 0 Å². The first-order valence-electron chi connectivity index (χ1n) is 8.33. The van der Waals surface area contributed by atoms with E-state index >= 15 is 0 Å². The number of carbonyl (C=O) groups is 1. The minimum atomic E-state index is -0.0261. The summed E-state index contributed by atoms with van der Waals surface area (Å²) in [7, 11) is 5.08. The van der Waals surface area contributed by atoms with Crippen LogP contribution < -0.4 is 15.4 Å². The van der Waals surface area contributed by atoms with Gasteiger partial charge in [0.05, 0.1) is 32.4 Å². The van der Waals surface area contributed by atoms with E-state index in [1.807, 2.05) is 42.5 Å². The predicted molar refractivity (Wildman–Crippen MR) is 102 cm³/mol. The fourth-order valence-electron chi connectivity index (χ4n) is 2.07. The maximum atomic E-state index is 11.8. The van der Waals surface area contributed by atoms with Crippen LogP contribution in [-0.2, 0) is 17.9 Å². The minimum Gasteiger partial charge on any atom is -0.497 e. The molecule has 0 saturated carbocycles. The topological polar surface area (TPSA) is 78.8 Å². The van der Waals surface area contributed by atoms with Crippen LogP contribution in [0.5, 0.6) is 5.75 Å². The summed E-state index contributed by atoms with van der Waals surface area (Å²) < 4.78 is 5.16. The van der Waals surface area contributed by atoms with Gasteiger partial charge in [0, 0.05) is 20.3 Å². The van der Waals surface area contributed by atoms with Crippen molar-refractivity contribution in [1.82, 2.24) is 20.5 Å². The Bertz CT molecular complexity index is 714. The second-order valence-electron chi connectivity index (χ2n) is 5.83. The Labute approximate surface area is 154 Å². The Morgan fingerprint density at radius 1 is 1.15 bits per heavy atom. The largest absolute Gasteiger partial charge is 0.497 e. The van der Waals surface area contributed by atoms with Gasteiger partial charge >= 0.3 is 0 Å². The number of hydrogen-bond donors (Lipinski definition) is 2. The number of ether oxygens (including phenoxy) is 1. The highest BCUT2D eigenvalue weighted by Crippen LogP contribution is 2.11. The van der Waals surface area contributed by atoms with E-state index in [4.69, 9.17) is 4.74 Å². The third kappa shape index (κ3) is 6.43. The molecule has 0 unspecified atom stereocenters. The molecule has 138 valence electrons. The highest BCUT2D eigenvalue weighted by atomic mass is 16.5. The minimum absolute atomic E-state index is 0.0261. The monoisotopic (exact) mass is 355 g/mol. The molecular formula is C19H25N5O2. The number of hydrogen-bond acceptors (Lipinski definition) is 4. The maximum absolute atomic E-state index is 11.8. The molecule has 1 aromatic heterocycles. The van der Waals surface area contributed by atoms with Gasteiger partial charge in [-0.1, -0.05) is 18.2 Å². The molecular weight excluding hydrogens is 330 g/mol. The molecule has 1 heterocycles. The number of aliphatic imine (C=N–C) groups is 1. The van der Waals surface area contributed by atoms with E-state index in [0.29, 0.717) is 19.0 Å². The van der Waals surface area contributed by atoms with Crippen molar-refractivity contribution in [3.05, 3.63) is 59.9 Å². The first-order valence-corrected chi connectivity index (χ1v) is 8.33. The van der Waals surface area contributed by atoms with Crippen LogP contribution in [0.2, 0.25) is 0 Å². The van der Waals surface area contributed by atoms with Crippen LogP contribution in [0.15, 0.2) is 53.7 Å². The molecule has 2 aromatic rings. The zero-order valence-corrected chi connectivity index (χ0v) is 15.4. The van der Waals surface area contributed by atoms with E-state index in [0.717, 1.165) is 17.0 Å². The van der Waals surface area contributed by atoms with Crippen LogP contribution in [-0.4, -0.2) is 49.5 Å². The van der Waals surface area contributed by atoms with Gasteiger partial charge in [-0.15, -0.1) is 0 Å². The maximum Gasteiger partial charge on any atom is 0.241 e. The van der Waals surface area contributed by atoms with Crippen molar-refractivity contribution in [3.8, 4) is 5.75 Å². The second-order valence-corrected chi connectivity index (χ2v) is 5.83. The number of carbonyl (C=O) groups excluding carboxylic acids is 1. The summed E-state index contributed by atoms with van der Waals surface area (Å²) in [5, 5.41) is 6.26. The number of likely N-dealkylation sites (N-methyl/N-ethyl adjacent to an activating group) is 1. The fourth-order valence-corrected chi connectivity index (χ4v) is 2.07. The molecule has 0 aliphatic rings. The number of pyridine rings is 1. The average molecular weight is 355 g/mol. The van der Waals surface area contributed by atoms with Crippen LogP contribution in [0, 0.1) is 0 Å². The van der Waals surface area contributed by atoms with E-state index in [2.05, 4.69) is 20.6 Å². The summed E-state index contributed by atoms with van der Waals surface area (Å²) in [6.45, 7) is 1.17. The van der Waals surface area contributed by atoms with Gasteiger partial charge in [-0.05, 0) is 29.8 Å². The lowest BCUT2D eigenvalue weighted by Gasteiger charge is -2.15. The highest BCUT2D eigenvalue weighted by Gasteiger charge is 2.06. The van der Waals surface area contributed by atoms with E-state index in [1.165, 1.54) is 4.90 Å². The molecule has 2 N–H and O–H groups in total. The van der Waals surface area contributed by atoms with Crippen LogP contribution >= 0.6 is 0 Å². The van der Waals surface area contributed by atoms with Crippen molar-refractivity contribution in [2.45, 2.75) is 13.1 Å². The van der Waals surface area contributed by atoms with Gasteiger partial charge in [-0.2, -0.15) is 0 Å². The summed E-state index contributed by atoms with van der Waals surface area (Å²) in [6.07, 6.45) is 1.74. The Balaban J connectivity index is 2.00. The fraction of sp³-hybridized carbons (Fsp3) is 0.316. The Hall–Kier alpha value is -3.09. The first kappa shape index (κ1) is 19.2. The average Bonchev–Trinajstić information content (AvgIpc) is 2.68. The van der Waals surface area contributed by atoms with Crippen LogP contribution in [0.1, 0.15) is 11.3 Å². The van der Waals surface area contributed by atoms with Gasteiger partial charge in [0.2, 0.25) is 5.91 Å². The summed E-state index contributed by atoms with van der Waals surface area (Å²) in [5.74, 6) is 1.34. The molecule has 0 aliphatic heterocycles. The summed E-state index contributed by atoms with van der Waals surface area (Å²) in [4.78, 5) is 22.2. The van der Waals surface area contributed by atoms with E-state index < -0.39 is 0 Å². The van der Waals surface area contributed by atoms with Gasteiger partial charge in [0.15, 0.2) is 5.96 Å². The van der Waals surface area contributed by atoms with Crippen molar-refractivity contribution < 1.29 is 9.53 Å². The molecule has 7 nitrogen and oxygen atoms in total. The van der Waals surface area contributed by atoms with Crippen molar-refractivity contribution in [2.24, 2.45) is 4.99 Å². The molecule has 0 saturated heterocycles. The molecule has 0 bridgehead atoms. The Morgan fingerprint density at radius 3 is 2.54 bits per heavy atom. The van der Waals surface area contributed by atoms with E-state index in [9.17, 15) is 4.79 Å². The number of methoxy groups -OCH3 is 1. The lowest BCUT2D eigenvalue weighted by Crippen LogP contribution is -2.42. The molecule has 2 rings (SSSR count). The van der Waals surface area contributed by atoms with Gasteiger partial charge in [-0.25, -0.2) is 4.99 Å². The van der Waals surface area contributed by atoms with Gasteiger partial charge in [-0.3, -0.25) is 9.78 Å². The zero-order valence-electron chi connectivity index (χ0n) is 15.4. The molecule has 26 heavy (non-hydrogen) atoms. The van der Waals surface area contributed by atoms with Crippen molar-refractivity contribution in [2.75, 3.05) is 27.7 Å². The summed E-state index contributed by atoms with van der Waals surface area (Å²) in [6, 6.07) is 13.5. The lowest BCUT2D eigenvalue weighted by atomic mass is 10.2. The quantitative estimate of drug-likeness (QED) is 0.580. The number of guanidine groups is 1. The number of benzene rings is 1. The summed E-state index contributed by atoms with van der Waals surface area (Å²) >= 11 is 0. The highest BCUT2D eigenvalue weighted by molar-refractivity contribution is 5.86. The van der Waals surface area contributed by atoms with E-state index in [1.54, 1.807) is 27.4 Å². The van der Waals surface area contributed by atoms with Crippen LogP contribution in [0.3, 0.4) is 0 Å². The SMILES string of the molecule is COc1ccc(CN=C(NCC(=O)N(C)C)NCc2ccccn2)cc1. The van der Waals surface area contributed by atoms with Crippen molar-refractivity contribution >= 4 is 11.9 Å².